The summed E-state index contributed by atoms with van der Waals surface area (Å²) in [5.74, 6) is 0.831. The number of carbonyl (C=O) groups excluding carboxylic acids is 1. The van der Waals surface area contributed by atoms with Crippen molar-refractivity contribution < 1.29 is 4.79 Å². The molecule has 2 rings (SSSR count). The van der Waals surface area contributed by atoms with Crippen molar-refractivity contribution in [1.82, 2.24) is 15.5 Å². The van der Waals surface area contributed by atoms with E-state index in [-0.39, 0.29) is 5.91 Å². The van der Waals surface area contributed by atoms with Crippen LogP contribution < -0.4 is 10.6 Å². The van der Waals surface area contributed by atoms with Gasteiger partial charge in [-0.1, -0.05) is 6.92 Å². The molecule has 4 heteroatoms. The van der Waals surface area contributed by atoms with Crippen molar-refractivity contribution >= 4 is 5.91 Å². The Morgan fingerprint density at radius 2 is 2.06 bits per heavy atom. The SMILES string of the molecule is CCN1CCC(NC(=O)CC2CNC2)CC1. The maximum atomic E-state index is 11.7. The molecule has 0 aromatic carbocycles. The highest BCUT2D eigenvalue weighted by molar-refractivity contribution is 5.76. The topological polar surface area (TPSA) is 44.4 Å². The maximum Gasteiger partial charge on any atom is 0.220 e. The van der Waals surface area contributed by atoms with E-state index < -0.39 is 0 Å². The highest BCUT2D eigenvalue weighted by Crippen LogP contribution is 2.12. The van der Waals surface area contributed by atoms with Gasteiger partial charge in [0.1, 0.15) is 0 Å². The number of carbonyl (C=O) groups is 1. The molecular formula is C12H23N3O. The molecule has 0 aromatic heterocycles. The van der Waals surface area contributed by atoms with Gasteiger partial charge in [0.15, 0.2) is 0 Å². The van der Waals surface area contributed by atoms with Crippen molar-refractivity contribution in [3.8, 4) is 0 Å². The molecule has 2 aliphatic heterocycles. The molecule has 2 saturated heterocycles. The van der Waals surface area contributed by atoms with Gasteiger partial charge in [0, 0.05) is 25.6 Å². The molecule has 0 saturated carbocycles. The van der Waals surface area contributed by atoms with E-state index in [1.165, 1.54) is 0 Å². The molecule has 92 valence electrons. The van der Waals surface area contributed by atoms with E-state index in [4.69, 9.17) is 0 Å². The first kappa shape index (κ1) is 11.9. The number of hydrogen-bond donors (Lipinski definition) is 2. The number of amides is 1. The molecule has 0 atom stereocenters. The van der Waals surface area contributed by atoms with Crippen LogP contribution in [0.2, 0.25) is 0 Å². The lowest BCUT2D eigenvalue weighted by atomic mass is 9.98. The molecule has 0 aromatic rings. The molecule has 4 nitrogen and oxygen atoms in total. The summed E-state index contributed by atoms with van der Waals surface area (Å²) in [6.45, 7) is 7.62. The Morgan fingerprint density at radius 1 is 1.38 bits per heavy atom. The Bertz CT molecular complexity index is 232. The Balaban J connectivity index is 1.63. The zero-order valence-corrected chi connectivity index (χ0v) is 10.2. The molecule has 2 N–H and O–H groups in total. The van der Waals surface area contributed by atoms with Crippen LogP contribution in [-0.2, 0) is 4.79 Å². The molecule has 0 radical (unpaired) electrons. The highest BCUT2D eigenvalue weighted by Gasteiger charge is 2.23. The lowest BCUT2D eigenvalue weighted by molar-refractivity contribution is -0.123. The van der Waals surface area contributed by atoms with Crippen LogP contribution in [0.25, 0.3) is 0 Å². The fraction of sp³-hybridized carbons (Fsp3) is 0.917. The number of likely N-dealkylation sites (tertiary alicyclic amines) is 1. The summed E-state index contributed by atoms with van der Waals surface area (Å²) < 4.78 is 0. The Kier molecular flexibility index (Phi) is 4.18. The van der Waals surface area contributed by atoms with E-state index in [1.54, 1.807) is 0 Å². The van der Waals surface area contributed by atoms with Crippen LogP contribution in [0.3, 0.4) is 0 Å². The minimum atomic E-state index is 0.251. The van der Waals surface area contributed by atoms with Crippen LogP contribution in [0, 0.1) is 5.92 Å². The van der Waals surface area contributed by atoms with Gasteiger partial charge in [-0.2, -0.15) is 0 Å². The zero-order chi connectivity index (χ0) is 11.4. The number of nitrogens with one attached hydrogen (secondary N) is 2. The van der Waals surface area contributed by atoms with Crippen molar-refractivity contribution in [3.05, 3.63) is 0 Å². The van der Waals surface area contributed by atoms with Gasteiger partial charge in [-0.3, -0.25) is 4.79 Å². The van der Waals surface area contributed by atoms with E-state index >= 15 is 0 Å². The lowest BCUT2D eigenvalue weighted by Crippen LogP contribution is -2.48. The number of rotatable bonds is 4. The first-order valence-corrected chi connectivity index (χ1v) is 6.50. The lowest BCUT2D eigenvalue weighted by Gasteiger charge is -2.32. The first-order valence-electron chi connectivity index (χ1n) is 6.50. The second kappa shape index (κ2) is 5.64. The fourth-order valence-corrected chi connectivity index (χ4v) is 2.44. The molecule has 0 bridgehead atoms. The fourth-order valence-electron chi connectivity index (χ4n) is 2.44. The molecule has 2 heterocycles. The van der Waals surface area contributed by atoms with Crippen LogP contribution in [-0.4, -0.2) is 49.6 Å². The number of hydrogen-bond acceptors (Lipinski definition) is 3. The third-order valence-corrected chi connectivity index (χ3v) is 3.74. The molecule has 0 aliphatic carbocycles. The van der Waals surface area contributed by atoms with Gasteiger partial charge in [0.05, 0.1) is 0 Å². The van der Waals surface area contributed by atoms with Crippen LogP contribution in [0.5, 0.6) is 0 Å². The average Bonchev–Trinajstić information content (AvgIpc) is 2.25. The monoisotopic (exact) mass is 225 g/mol. The summed E-state index contributed by atoms with van der Waals surface area (Å²) in [6, 6.07) is 0.420. The van der Waals surface area contributed by atoms with Crippen molar-refractivity contribution in [2.45, 2.75) is 32.2 Å². The summed E-state index contributed by atoms with van der Waals surface area (Å²) in [5.41, 5.74) is 0. The van der Waals surface area contributed by atoms with Gasteiger partial charge in [-0.15, -0.1) is 0 Å². The van der Waals surface area contributed by atoms with Gasteiger partial charge >= 0.3 is 0 Å². The van der Waals surface area contributed by atoms with Crippen LogP contribution in [0.15, 0.2) is 0 Å². The largest absolute Gasteiger partial charge is 0.353 e. The zero-order valence-electron chi connectivity index (χ0n) is 10.2. The van der Waals surface area contributed by atoms with E-state index in [2.05, 4.69) is 22.5 Å². The van der Waals surface area contributed by atoms with E-state index in [0.29, 0.717) is 18.4 Å². The predicted octanol–water partition coefficient (Wildman–Crippen LogP) is 0.196. The second-order valence-electron chi connectivity index (χ2n) is 5.00. The Hall–Kier alpha value is -0.610. The standard InChI is InChI=1S/C12H23N3O/c1-2-15-5-3-11(4-6-15)14-12(16)7-10-8-13-9-10/h10-11,13H,2-9H2,1H3,(H,14,16). The summed E-state index contributed by atoms with van der Waals surface area (Å²) in [7, 11) is 0. The molecule has 2 fully saturated rings. The molecule has 16 heavy (non-hydrogen) atoms. The quantitative estimate of drug-likeness (QED) is 0.718. The van der Waals surface area contributed by atoms with E-state index in [1.807, 2.05) is 0 Å². The van der Waals surface area contributed by atoms with Gasteiger partial charge in [0.25, 0.3) is 0 Å². The highest BCUT2D eigenvalue weighted by atomic mass is 16.1. The third kappa shape index (κ3) is 3.19. The second-order valence-corrected chi connectivity index (χ2v) is 5.00. The molecule has 0 spiro atoms. The number of nitrogens with zero attached hydrogens (tertiary/aromatic N) is 1. The maximum absolute atomic E-state index is 11.7. The molecule has 1 amide bonds. The smallest absolute Gasteiger partial charge is 0.220 e. The molecule has 0 unspecified atom stereocenters. The Morgan fingerprint density at radius 3 is 2.56 bits per heavy atom. The van der Waals surface area contributed by atoms with Gasteiger partial charge < -0.3 is 15.5 Å². The number of piperidine rings is 1. The molecular weight excluding hydrogens is 202 g/mol. The summed E-state index contributed by atoms with van der Waals surface area (Å²) in [5, 5.41) is 6.37. The Labute approximate surface area is 97.8 Å². The minimum absolute atomic E-state index is 0.251. The minimum Gasteiger partial charge on any atom is -0.353 e. The average molecular weight is 225 g/mol. The van der Waals surface area contributed by atoms with Crippen LogP contribution in [0.1, 0.15) is 26.2 Å². The van der Waals surface area contributed by atoms with Crippen molar-refractivity contribution in [2.24, 2.45) is 5.92 Å². The van der Waals surface area contributed by atoms with Gasteiger partial charge in [-0.25, -0.2) is 0 Å². The van der Waals surface area contributed by atoms with Crippen molar-refractivity contribution in [2.75, 3.05) is 32.7 Å². The van der Waals surface area contributed by atoms with Crippen molar-refractivity contribution in [1.29, 1.82) is 0 Å². The van der Waals surface area contributed by atoms with Crippen molar-refractivity contribution in [3.63, 3.8) is 0 Å². The summed E-state index contributed by atoms with van der Waals surface area (Å²) >= 11 is 0. The molecule has 2 aliphatic rings. The summed E-state index contributed by atoms with van der Waals surface area (Å²) in [4.78, 5) is 14.2. The third-order valence-electron chi connectivity index (χ3n) is 3.74. The van der Waals surface area contributed by atoms with Crippen LogP contribution in [0.4, 0.5) is 0 Å². The first-order chi connectivity index (χ1) is 7.78. The van der Waals surface area contributed by atoms with E-state index in [9.17, 15) is 4.79 Å². The normalized spacial score (nSPS) is 24.1. The van der Waals surface area contributed by atoms with Crippen LogP contribution >= 0.6 is 0 Å². The summed E-state index contributed by atoms with van der Waals surface area (Å²) in [6.07, 6.45) is 2.94. The van der Waals surface area contributed by atoms with Gasteiger partial charge in [-0.05, 0) is 38.4 Å². The predicted molar refractivity (Wildman–Crippen MR) is 64.3 cm³/mol. The van der Waals surface area contributed by atoms with Gasteiger partial charge in [0.2, 0.25) is 5.91 Å². The van der Waals surface area contributed by atoms with E-state index in [0.717, 1.165) is 45.6 Å².